The van der Waals surface area contributed by atoms with E-state index in [1.165, 1.54) is 6.42 Å². The molecule has 1 amide bonds. The van der Waals surface area contributed by atoms with Gasteiger partial charge in [0.1, 0.15) is 0 Å². The molecule has 1 aliphatic rings. The summed E-state index contributed by atoms with van der Waals surface area (Å²) in [6, 6.07) is 4.99. The van der Waals surface area contributed by atoms with Gasteiger partial charge in [0.2, 0.25) is 0 Å². The topological polar surface area (TPSA) is 20.3 Å². The Morgan fingerprint density at radius 2 is 1.94 bits per heavy atom. The van der Waals surface area contributed by atoms with Crippen LogP contribution in [0.1, 0.15) is 30.1 Å². The van der Waals surface area contributed by atoms with Gasteiger partial charge in [-0.15, -0.1) is 0 Å². The van der Waals surface area contributed by atoms with Crippen molar-refractivity contribution in [3.05, 3.63) is 33.8 Å². The van der Waals surface area contributed by atoms with Gasteiger partial charge in [0.15, 0.2) is 0 Å². The van der Waals surface area contributed by atoms with E-state index in [2.05, 4.69) is 6.92 Å². The highest BCUT2D eigenvalue weighted by molar-refractivity contribution is 6.35. The van der Waals surface area contributed by atoms with Crippen molar-refractivity contribution in [2.24, 2.45) is 5.92 Å². The third kappa shape index (κ3) is 3.14. The Morgan fingerprint density at radius 3 is 2.53 bits per heavy atom. The van der Waals surface area contributed by atoms with Crippen LogP contribution in [-0.4, -0.2) is 23.9 Å². The quantitative estimate of drug-likeness (QED) is 0.760. The third-order valence-electron chi connectivity index (χ3n) is 3.05. The molecule has 0 aliphatic carbocycles. The maximum atomic E-state index is 12.3. The number of halogens is 2. The average Bonchev–Trinajstić information content (AvgIpc) is 2.26. The van der Waals surface area contributed by atoms with Crippen LogP contribution in [0.5, 0.6) is 0 Å². The van der Waals surface area contributed by atoms with Crippen LogP contribution in [0.25, 0.3) is 0 Å². The van der Waals surface area contributed by atoms with Gasteiger partial charge in [-0.05, 0) is 37.0 Å². The fraction of sp³-hybridized carbons (Fsp3) is 0.462. The van der Waals surface area contributed by atoms with E-state index in [4.69, 9.17) is 23.2 Å². The normalized spacial score (nSPS) is 20.4. The molecule has 2 nitrogen and oxygen atoms in total. The monoisotopic (exact) mass is 271 g/mol. The van der Waals surface area contributed by atoms with Crippen LogP contribution >= 0.6 is 23.2 Å². The van der Waals surface area contributed by atoms with Crippen molar-refractivity contribution in [2.75, 3.05) is 13.1 Å². The van der Waals surface area contributed by atoms with Crippen LogP contribution in [0.15, 0.2) is 18.2 Å². The highest BCUT2D eigenvalue weighted by Crippen LogP contribution is 2.22. The zero-order valence-electron chi connectivity index (χ0n) is 9.75. The number of carbonyl (C=O) groups is 1. The van der Waals surface area contributed by atoms with Gasteiger partial charge in [-0.1, -0.05) is 30.1 Å². The standard InChI is InChI=1S/C13H15Cl2NO/c1-9-3-2-4-16(8-9)13(17)10-5-11(14)7-12(15)6-10/h5-7,9H,2-4,8H2,1H3/t9-/m0/s1. The Labute approximate surface area is 112 Å². The molecular weight excluding hydrogens is 257 g/mol. The Balaban J connectivity index is 2.18. The van der Waals surface area contributed by atoms with Gasteiger partial charge in [0.25, 0.3) is 5.91 Å². The van der Waals surface area contributed by atoms with Crippen molar-refractivity contribution in [3.63, 3.8) is 0 Å². The van der Waals surface area contributed by atoms with E-state index in [1.54, 1.807) is 18.2 Å². The summed E-state index contributed by atoms with van der Waals surface area (Å²) in [5.41, 5.74) is 0.580. The van der Waals surface area contributed by atoms with E-state index < -0.39 is 0 Å². The second kappa shape index (κ2) is 5.28. The van der Waals surface area contributed by atoms with Crippen molar-refractivity contribution in [2.45, 2.75) is 19.8 Å². The molecule has 0 aromatic heterocycles. The minimum atomic E-state index is 0.0287. The average molecular weight is 272 g/mol. The highest BCUT2D eigenvalue weighted by atomic mass is 35.5. The molecular formula is C13H15Cl2NO. The molecule has 0 N–H and O–H groups in total. The van der Waals surface area contributed by atoms with Gasteiger partial charge in [0, 0.05) is 28.7 Å². The van der Waals surface area contributed by atoms with E-state index in [0.29, 0.717) is 21.5 Å². The second-order valence-corrected chi connectivity index (χ2v) is 5.53. The summed E-state index contributed by atoms with van der Waals surface area (Å²) in [5.74, 6) is 0.600. The molecule has 1 atom stereocenters. The van der Waals surface area contributed by atoms with Crippen molar-refractivity contribution in [1.29, 1.82) is 0 Å². The minimum Gasteiger partial charge on any atom is -0.338 e. The van der Waals surface area contributed by atoms with Gasteiger partial charge in [-0.25, -0.2) is 0 Å². The Bertz CT molecular complexity index is 413. The molecule has 92 valence electrons. The molecule has 17 heavy (non-hydrogen) atoms. The lowest BCUT2D eigenvalue weighted by molar-refractivity contribution is 0.0683. The first-order valence-corrected chi connectivity index (χ1v) is 6.57. The predicted octanol–water partition coefficient (Wildman–Crippen LogP) is 3.87. The van der Waals surface area contributed by atoms with Gasteiger partial charge in [-0.2, -0.15) is 0 Å². The molecule has 2 rings (SSSR count). The molecule has 0 spiro atoms. The van der Waals surface area contributed by atoms with E-state index in [1.807, 2.05) is 4.90 Å². The second-order valence-electron chi connectivity index (χ2n) is 4.66. The fourth-order valence-electron chi connectivity index (χ4n) is 2.23. The van der Waals surface area contributed by atoms with Gasteiger partial charge in [-0.3, -0.25) is 4.79 Å². The summed E-state index contributed by atoms with van der Waals surface area (Å²) < 4.78 is 0. The van der Waals surface area contributed by atoms with Crippen LogP contribution in [0.4, 0.5) is 0 Å². The maximum Gasteiger partial charge on any atom is 0.253 e. The number of likely N-dealkylation sites (tertiary alicyclic amines) is 1. The Hall–Kier alpha value is -0.730. The lowest BCUT2D eigenvalue weighted by Gasteiger charge is -2.31. The largest absolute Gasteiger partial charge is 0.338 e. The molecule has 1 aromatic carbocycles. The molecule has 0 unspecified atom stereocenters. The summed E-state index contributed by atoms with van der Waals surface area (Å²) in [7, 11) is 0. The summed E-state index contributed by atoms with van der Waals surface area (Å²) in [6.07, 6.45) is 2.27. The van der Waals surface area contributed by atoms with Crippen LogP contribution in [-0.2, 0) is 0 Å². The SMILES string of the molecule is C[C@H]1CCCN(C(=O)c2cc(Cl)cc(Cl)c2)C1. The lowest BCUT2D eigenvalue weighted by Crippen LogP contribution is -2.39. The van der Waals surface area contributed by atoms with Crippen molar-refractivity contribution >= 4 is 29.1 Å². The highest BCUT2D eigenvalue weighted by Gasteiger charge is 2.22. The summed E-state index contributed by atoms with van der Waals surface area (Å²) >= 11 is 11.8. The third-order valence-corrected chi connectivity index (χ3v) is 3.49. The molecule has 1 saturated heterocycles. The summed E-state index contributed by atoms with van der Waals surface area (Å²) in [5, 5.41) is 1.01. The van der Waals surface area contributed by atoms with Crippen LogP contribution in [0.2, 0.25) is 10.0 Å². The fourth-order valence-corrected chi connectivity index (χ4v) is 2.76. The molecule has 0 saturated carbocycles. The first-order valence-electron chi connectivity index (χ1n) is 5.81. The van der Waals surface area contributed by atoms with Crippen molar-refractivity contribution in [3.8, 4) is 0 Å². The zero-order valence-corrected chi connectivity index (χ0v) is 11.3. The molecule has 4 heteroatoms. The zero-order chi connectivity index (χ0) is 12.4. The molecule has 1 aliphatic heterocycles. The van der Waals surface area contributed by atoms with E-state index in [-0.39, 0.29) is 5.91 Å². The molecule has 1 aromatic rings. The number of benzene rings is 1. The summed E-state index contributed by atoms with van der Waals surface area (Å²) in [4.78, 5) is 14.1. The molecule has 1 heterocycles. The van der Waals surface area contributed by atoms with E-state index in [9.17, 15) is 4.79 Å². The number of hydrogen-bond donors (Lipinski definition) is 0. The van der Waals surface area contributed by atoms with Crippen LogP contribution in [0.3, 0.4) is 0 Å². The molecule has 0 radical (unpaired) electrons. The number of nitrogens with zero attached hydrogens (tertiary/aromatic N) is 1. The number of carbonyl (C=O) groups excluding carboxylic acids is 1. The van der Waals surface area contributed by atoms with Gasteiger partial charge >= 0.3 is 0 Å². The number of piperidine rings is 1. The van der Waals surface area contributed by atoms with E-state index >= 15 is 0 Å². The molecule has 1 fully saturated rings. The Morgan fingerprint density at radius 1 is 1.29 bits per heavy atom. The van der Waals surface area contributed by atoms with Crippen LogP contribution < -0.4 is 0 Å². The molecule has 0 bridgehead atoms. The van der Waals surface area contributed by atoms with Crippen molar-refractivity contribution in [1.82, 2.24) is 4.90 Å². The number of amides is 1. The van der Waals surface area contributed by atoms with Crippen molar-refractivity contribution < 1.29 is 4.79 Å². The van der Waals surface area contributed by atoms with E-state index in [0.717, 1.165) is 19.5 Å². The smallest absolute Gasteiger partial charge is 0.253 e. The number of rotatable bonds is 1. The predicted molar refractivity (Wildman–Crippen MR) is 70.8 cm³/mol. The number of hydrogen-bond acceptors (Lipinski definition) is 1. The van der Waals surface area contributed by atoms with Gasteiger partial charge in [0.05, 0.1) is 0 Å². The first-order chi connectivity index (χ1) is 8.06. The summed E-state index contributed by atoms with van der Waals surface area (Å²) in [6.45, 7) is 3.82. The van der Waals surface area contributed by atoms with Gasteiger partial charge < -0.3 is 4.90 Å². The van der Waals surface area contributed by atoms with Crippen LogP contribution in [0, 0.1) is 5.92 Å². The Kier molecular flexibility index (Phi) is 3.95. The first kappa shape index (κ1) is 12.7. The lowest BCUT2D eigenvalue weighted by atomic mass is 9.99. The maximum absolute atomic E-state index is 12.3. The minimum absolute atomic E-state index is 0.0287.